The van der Waals surface area contributed by atoms with E-state index in [9.17, 15) is 0 Å². The number of halogens is 1. The second kappa shape index (κ2) is 5.63. The van der Waals surface area contributed by atoms with Crippen LogP contribution in [0.4, 0.5) is 11.6 Å². The highest BCUT2D eigenvalue weighted by Crippen LogP contribution is 2.31. The van der Waals surface area contributed by atoms with E-state index < -0.39 is 0 Å². The smallest absolute Gasteiger partial charge is 0.148 e. The zero-order valence-corrected chi connectivity index (χ0v) is 12.9. The summed E-state index contributed by atoms with van der Waals surface area (Å²) in [7, 11) is 1.89. The molecule has 0 amide bonds. The second-order valence-corrected chi connectivity index (χ2v) is 6.03. The zero-order chi connectivity index (χ0) is 13.2. The van der Waals surface area contributed by atoms with Crippen LogP contribution < -0.4 is 10.2 Å². The molecule has 2 aliphatic rings. The van der Waals surface area contributed by atoms with Crippen molar-refractivity contribution < 1.29 is 0 Å². The van der Waals surface area contributed by atoms with Crippen molar-refractivity contribution in [3.05, 3.63) is 10.8 Å². The minimum Gasteiger partial charge on any atom is -0.372 e. The summed E-state index contributed by atoms with van der Waals surface area (Å²) in [6.07, 6.45) is 5.51. The summed E-state index contributed by atoms with van der Waals surface area (Å²) in [5, 5.41) is 3.10. The third-order valence-corrected chi connectivity index (χ3v) is 4.84. The molecule has 104 valence electrons. The van der Waals surface area contributed by atoms with Crippen molar-refractivity contribution in [1.29, 1.82) is 0 Å². The summed E-state index contributed by atoms with van der Waals surface area (Å²) in [5.74, 6) is 1.88. The lowest BCUT2D eigenvalue weighted by atomic mass is 10.2. The molecule has 3 heterocycles. The largest absolute Gasteiger partial charge is 0.372 e. The lowest BCUT2D eigenvalue weighted by Gasteiger charge is -2.27. The molecule has 0 aliphatic carbocycles. The van der Waals surface area contributed by atoms with E-state index in [1.165, 1.54) is 32.4 Å². The monoisotopic (exact) mass is 325 g/mol. The fourth-order valence-electron chi connectivity index (χ4n) is 3.15. The van der Waals surface area contributed by atoms with Crippen LogP contribution >= 0.6 is 15.9 Å². The van der Waals surface area contributed by atoms with Gasteiger partial charge in [0.2, 0.25) is 0 Å². The fourth-order valence-corrected chi connectivity index (χ4v) is 3.81. The van der Waals surface area contributed by atoms with Gasteiger partial charge in [-0.15, -0.1) is 0 Å². The number of nitrogens with one attached hydrogen (secondary N) is 1. The van der Waals surface area contributed by atoms with Crippen LogP contribution in [0.25, 0.3) is 0 Å². The van der Waals surface area contributed by atoms with Crippen LogP contribution in [0.15, 0.2) is 10.8 Å². The molecule has 2 aliphatic heterocycles. The molecule has 6 heteroatoms. The van der Waals surface area contributed by atoms with Gasteiger partial charge < -0.3 is 10.2 Å². The molecular formula is C13H20BrN5. The average molecular weight is 326 g/mol. The van der Waals surface area contributed by atoms with Crippen molar-refractivity contribution in [3.8, 4) is 0 Å². The summed E-state index contributed by atoms with van der Waals surface area (Å²) in [4.78, 5) is 13.8. The molecule has 2 fully saturated rings. The average Bonchev–Trinajstić information content (AvgIpc) is 2.77. The van der Waals surface area contributed by atoms with Gasteiger partial charge in [-0.1, -0.05) is 0 Å². The van der Waals surface area contributed by atoms with Gasteiger partial charge in [0.1, 0.15) is 22.4 Å². The fraction of sp³-hybridized carbons (Fsp3) is 0.692. The molecule has 1 aromatic rings. The van der Waals surface area contributed by atoms with E-state index in [4.69, 9.17) is 0 Å². The molecular weight excluding hydrogens is 306 g/mol. The van der Waals surface area contributed by atoms with Crippen molar-refractivity contribution >= 4 is 27.6 Å². The van der Waals surface area contributed by atoms with Gasteiger partial charge in [-0.3, -0.25) is 4.90 Å². The van der Waals surface area contributed by atoms with Crippen molar-refractivity contribution in [1.82, 2.24) is 14.9 Å². The van der Waals surface area contributed by atoms with Crippen molar-refractivity contribution in [2.75, 3.05) is 43.4 Å². The number of hydrogen-bond acceptors (Lipinski definition) is 5. The highest BCUT2D eigenvalue weighted by molar-refractivity contribution is 9.10. The van der Waals surface area contributed by atoms with Crippen molar-refractivity contribution in [3.63, 3.8) is 0 Å². The first-order chi connectivity index (χ1) is 9.29. The number of nitrogens with zero attached hydrogens (tertiary/aromatic N) is 4. The van der Waals surface area contributed by atoms with E-state index in [0.717, 1.165) is 29.2 Å². The van der Waals surface area contributed by atoms with Crippen molar-refractivity contribution in [2.24, 2.45) is 0 Å². The first-order valence-electron chi connectivity index (χ1n) is 6.97. The Labute approximate surface area is 122 Å². The Bertz CT molecular complexity index is 453. The van der Waals surface area contributed by atoms with Crippen LogP contribution in [-0.2, 0) is 0 Å². The third-order valence-electron chi connectivity index (χ3n) is 4.11. The molecule has 0 radical (unpaired) electrons. The maximum absolute atomic E-state index is 4.48. The van der Waals surface area contributed by atoms with Crippen LogP contribution in [0.3, 0.4) is 0 Å². The minimum atomic E-state index is 0.697. The normalized spacial score (nSPS) is 24.1. The van der Waals surface area contributed by atoms with Crippen LogP contribution in [0.1, 0.15) is 19.3 Å². The van der Waals surface area contributed by atoms with Gasteiger partial charge in [0, 0.05) is 32.7 Å². The Morgan fingerprint density at radius 3 is 2.95 bits per heavy atom. The van der Waals surface area contributed by atoms with Gasteiger partial charge in [-0.05, 0) is 41.7 Å². The summed E-state index contributed by atoms with van der Waals surface area (Å²) < 4.78 is 0.976. The van der Waals surface area contributed by atoms with E-state index >= 15 is 0 Å². The molecule has 0 saturated carbocycles. The summed E-state index contributed by atoms with van der Waals surface area (Å²) in [5.41, 5.74) is 0. The van der Waals surface area contributed by atoms with Crippen LogP contribution in [0, 0.1) is 0 Å². The van der Waals surface area contributed by atoms with E-state index in [1.807, 2.05) is 7.05 Å². The molecule has 0 bridgehead atoms. The molecule has 1 N–H and O–H groups in total. The molecule has 0 spiro atoms. The van der Waals surface area contributed by atoms with Gasteiger partial charge in [0.05, 0.1) is 0 Å². The SMILES string of the molecule is CNc1ncnc(N2CCCN3CCCC3C2)c1Br. The van der Waals surface area contributed by atoms with E-state index in [1.54, 1.807) is 6.33 Å². The lowest BCUT2D eigenvalue weighted by molar-refractivity contribution is 0.273. The maximum atomic E-state index is 4.48. The molecule has 19 heavy (non-hydrogen) atoms. The third kappa shape index (κ3) is 2.56. The number of rotatable bonds is 2. The summed E-state index contributed by atoms with van der Waals surface area (Å²) in [6.45, 7) is 4.65. The Hall–Kier alpha value is -0.880. The summed E-state index contributed by atoms with van der Waals surface area (Å²) in [6, 6.07) is 0.697. The van der Waals surface area contributed by atoms with E-state index in [2.05, 4.69) is 41.0 Å². The molecule has 2 saturated heterocycles. The molecule has 3 rings (SSSR count). The topological polar surface area (TPSA) is 44.3 Å². The standard InChI is InChI=1S/C13H20BrN5/c1-15-12-11(14)13(17-9-16-12)19-7-3-6-18-5-2-4-10(18)8-19/h9-10H,2-8H2,1H3,(H,15,16,17). The Morgan fingerprint density at radius 2 is 2.11 bits per heavy atom. The Morgan fingerprint density at radius 1 is 1.26 bits per heavy atom. The highest BCUT2D eigenvalue weighted by atomic mass is 79.9. The molecule has 0 aromatic carbocycles. The Kier molecular flexibility index (Phi) is 3.88. The van der Waals surface area contributed by atoms with Crippen LogP contribution in [-0.4, -0.2) is 54.1 Å². The first kappa shape index (κ1) is 13.1. The van der Waals surface area contributed by atoms with Gasteiger partial charge >= 0.3 is 0 Å². The van der Waals surface area contributed by atoms with Crippen molar-refractivity contribution in [2.45, 2.75) is 25.3 Å². The first-order valence-corrected chi connectivity index (χ1v) is 7.76. The highest BCUT2D eigenvalue weighted by Gasteiger charge is 2.30. The van der Waals surface area contributed by atoms with Gasteiger partial charge in [0.25, 0.3) is 0 Å². The van der Waals surface area contributed by atoms with Gasteiger partial charge in [0.15, 0.2) is 0 Å². The van der Waals surface area contributed by atoms with Crippen LogP contribution in [0.5, 0.6) is 0 Å². The number of hydrogen-bond donors (Lipinski definition) is 1. The maximum Gasteiger partial charge on any atom is 0.148 e. The molecule has 1 aromatic heterocycles. The quantitative estimate of drug-likeness (QED) is 0.900. The van der Waals surface area contributed by atoms with E-state index in [-0.39, 0.29) is 0 Å². The van der Waals surface area contributed by atoms with E-state index in [0.29, 0.717) is 6.04 Å². The predicted molar refractivity (Wildman–Crippen MR) is 80.7 cm³/mol. The number of aromatic nitrogens is 2. The van der Waals surface area contributed by atoms with Crippen LogP contribution in [0.2, 0.25) is 0 Å². The molecule has 1 atom stereocenters. The van der Waals surface area contributed by atoms with Gasteiger partial charge in [-0.25, -0.2) is 9.97 Å². The molecule has 5 nitrogen and oxygen atoms in total. The predicted octanol–water partition coefficient (Wildman–Crippen LogP) is 1.96. The minimum absolute atomic E-state index is 0.697. The zero-order valence-electron chi connectivity index (χ0n) is 11.3. The second-order valence-electron chi connectivity index (χ2n) is 5.24. The summed E-state index contributed by atoms with van der Waals surface area (Å²) >= 11 is 3.63. The molecule has 1 unspecified atom stereocenters. The Balaban J connectivity index is 1.85. The number of fused-ring (bicyclic) bond motifs is 1. The van der Waals surface area contributed by atoms with Gasteiger partial charge in [-0.2, -0.15) is 0 Å². The number of anilines is 2. The lowest BCUT2D eigenvalue weighted by Crippen LogP contribution is -2.37.